The van der Waals surface area contributed by atoms with Crippen LogP contribution in [0.1, 0.15) is 18.1 Å². The number of ether oxygens (including phenoxy) is 1. The summed E-state index contributed by atoms with van der Waals surface area (Å²) in [6.45, 7) is 2.43. The third-order valence-corrected chi connectivity index (χ3v) is 4.80. The highest BCUT2D eigenvalue weighted by atomic mass is 32.1. The first-order valence-corrected chi connectivity index (χ1v) is 9.38. The molecular weight excluding hydrogens is 387 g/mol. The van der Waals surface area contributed by atoms with Crippen LogP contribution < -0.4 is 9.54 Å². The molecule has 0 radical (unpaired) electrons. The van der Waals surface area contributed by atoms with Crippen molar-refractivity contribution in [3.8, 4) is 17.0 Å². The molecule has 0 spiro atoms. The fourth-order valence-electron chi connectivity index (χ4n) is 2.60. The minimum atomic E-state index is -4.45. The van der Waals surface area contributed by atoms with E-state index in [0.29, 0.717) is 17.1 Å². The summed E-state index contributed by atoms with van der Waals surface area (Å²) in [6, 6.07) is 12.7. The van der Waals surface area contributed by atoms with Crippen molar-refractivity contribution in [2.24, 2.45) is 10.1 Å². The topological polar surface area (TPSA) is 38.9 Å². The van der Waals surface area contributed by atoms with E-state index in [9.17, 15) is 13.2 Å². The normalized spacial score (nSPS) is 12.7. The van der Waals surface area contributed by atoms with Gasteiger partial charge in [0.05, 0.1) is 24.6 Å². The maximum atomic E-state index is 13.2. The van der Waals surface area contributed by atoms with Crippen molar-refractivity contribution in [2.45, 2.75) is 13.1 Å². The third kappa shape index (κ3) is 4.33. The van der Waals surface area contributed by atoms with Crippen LogP contribution >= 0.6 is 11.3 Å². The lowest BCUT2D eigenvalue weighted by atomic mass is 10.1. The Balaban J connectivity index is 2.08. The molecular formula is C20H18F3N3OS. The van der Waals surface area contributed by atoms with Gasteiger partial charge in [-0.25, -0.2) is 4.68 Å². The highest BCUT2D eigenvalue weighted by Gasteiger charge is 2.32. The van der Waals surface area contributed by atoms with E-state index in [0.717, 1.165) is 17.3 Å². The third-order valence-electron chi connectivity index (χ3n) is 3.94. The number of rotatable bonds is 5. The molecule has 3 aromatic rings. The maximum absolute atomic E-state index is 13.2. The SMILES string of the molecule is CCN=c1scc(-c2ccc(OC)cc2)n1/N=C/c1ccccc1C(F)(F)F. The van der Waals surface area contributed by atoms with Gasteiger partial charge in [-0.1, -0.05) is 18.2 Å². The van der Waals surface area contributed by atoms with E-state index in [-0.39, 0.29) is 5.56 Å². The molecule has 1 heterocycles. The molecule has 0 saturated carbocycles. The summed E-state index contributed by atoms with van der Waals surface area (Å²) in [5.74, 6) is 0.714. The van der Waals surface area contributed by atoms with E-state index in [1.54, 1.807) is 17.9 Å². The lowest BCUT2D eigenvalue weighted by molar-refractivity contribution is -0.137. The van der Waals surface area contributed by atoms with Crippen LogP contribution in [0.5, 0.6) is 5.75 Å². The molecule has 0 unspecified atom stereocenters. The fourth-order valence-corrected chi connectivity index (χ4v) is 3.50. The highest BCUT2D eigenvalue weighted by Crippen LogP contribution is 2.31. The average Bonchev–Trinajstić information content (AvgIpc) is 3.09. The predicted molar refractivity (Wildman–Crippen MR) is 105 cm³/mol. The molecule has 0 atom stereocenters. The van der Waals surface area contributed by atoms with Crippen LogP contribution in [0.15, 0.2) is 64.0 Å². The number of thiazole rings is 1. The Morgan fingerprint density at radius 3 is 2.46 bits per heavy atom. The summed E-state index contributed by atoms with van der Waals surface area (Å²) in [7, 11) is 1.58. The van der Waals surface area contributed by atoms with Gasteiger partial charge in [0.25, 0.3) is 0 Å². The Morgan fingerprint density at radius 2 is 1.82 bits per heavy atom. The molecule has 0 saturated heterocycles. The molecule has 146 valence electrons. The first-order valence-electron chi connectivity index (χ1n) is 8.50. The smallest absolute Gasteiger partial charge is 0.417 e. The monoisotopic (exact) mass is 405 g/mol. The number of aromatic nitrogens is 1. The zero-order valence-electron chi connectivity index (χ0n) is 15.3. The van der Waals surface area contributed by atoms with Gasteiger partial charge in [-0.3, -0.25) is 4.99 Å². The Kier molecular flexibility index (Phi) is 5.99. The van der Waals surface area contributed by atoms with Gasteiger partial charge >= 0.3 is 6.18 Å². The lowest BCUT2D eigenvalue weighted by Crippen LogP contribution is -2.13. The average molecular weight is 405 g/mol. The van der Waals surface area contributed by atoms with Gasteiger partial charge in [0, 0.05) is 23.1 Å². The number of hydrogen-bond acceptors (Lipinski definition) is 4. The Labute approximate surface area is 164 Å². The fraction of sp³-hybridized carbons (Fsp3) is 0.200. The van der Waals surface area contributed by atoms with Crippen LogP contribution in [0.2, 0.25) is 0 Å². The van der Waals surface area contributed by atoms with Crippen molar-refractivity contribution in [2.75, 3.05) is 13.7 Å². The molecule has 0 fully saturated rings. The maximum Gasteiger partial charge on any atom is 0.417 e. The van der Waals surface area contributed by atoms with E-state index in [4.69, 9.17) is 4.74 Å². The van der Waals surface area contributed by atoms with Crippen molar-refractivity contribution in [3.05, 3.63) is 69.8 Å². The molecule has 8 heteroatoms. The van der Waals surface area contributed by atoms with Gasteiger partial charge in [-0.15, -0.1) is 11.3 Å². The second kappa shape index (κ2) is 8.43. The number of alkyl halides is 3. The summed E-state index contributed by atoms with van der Waals surface area (Å²) < 4.78 is 46.4. The first-order chi connectivity index (χ1) is 13.4. The molecule has 0 aliphatic heterocycles. The number of benzene rings is 2. The van der Waals surface area contributed by atoms with E-state index in [1.165, 1.54) is 29.7 Å². The summed E-state index contributed by atoms with van der Waals surface area (Å²) in [5.41, 5.74) is 0.864. The molecule has 3 rings (SSSR count). The van der Waals surface area contributed by atoms with E-state index < -0.39 is 11.7 Å². The summed E-state index contributed by atoms with van der Waals surface area (Å²) in [4.78, 5) is 5.00. The predicted octanol–water partition coefficient (Wildman–Crippen LogP) is 5.05. The summed E-state index contributed by atoms with van der Waals surface area (Å²) >= 11 is 1.38. The lowest BCUT2D eigenvalue weighted by Gasteiger charge is -2.09. The number of hydrogen-bond donors (Lipinski definition) is 0. The van der Waals surface area contributed by atoms with E-state index in [1.807, 2.05) is 36.6 Å². The summed E-state index contributed by atoms with van der Waals surface area (Å²) in [5, 5.41) is 6.20. The van der Waals surface area contributed by atoms with Crippen LogP contribution in [-0.4, -0.2) is 24.5 Å². The zero-order chi connectivity index (χ0) is 20.1. The largest absolute Gasteiger partial charge is 0.497 e. The van der Waals surface area contributed by atoms with Crippen LogP contribution in [0.25, 0.3) is 11.3 Å². The van der Waals surface area contributed by atoms with Crippen molar-refractivity contribution < 1.29 is 17.9 Å². The Bertz CT molecular complexity index is 1030. The molecule has 0 bridgehead atoms. The molecule has 0 aliphatic carbocycles. The number of halogens is 3. The molecule has 4 nitrogen and oxygen atoms in total. The van der Waals surface area contributed by atoms with Crippen LogP contribution in [0.3, 0.4) is 0 Å². The minimum Gasteiger partial charge on any atom is -0.497 e. The van der Waals surface area contributed by atoms with Gasteiger partial charge in [-0.2, -0.15) is 18.3 Å². The summed E-state index contributed by atoms with van der Waals surface area (Å²) in [6.07, 6.45) is -3.23. The second-order valence-corrected chi connectivity index (χ2v) is 6.58. The van der Waals surface area contributed by atoms with Gasteiger partial charge in [0.15, 0.2) is 0 Å². The molecule has 0 aliphatic rings. The van der Waals surface area contributed by atoms with Crippen LogP contribution in [0, 0.1) is 0 Å². The van der Waals surface area contributed by atoms with Gasteiger partial charge in [0.2, 0.25) is 4.80 Å². The van der Waals surface area contributed by atoms with Crippen molar-refractivity contribution >= 4 is 17.6 Å². The van der Waals surface area contributed by atoms with Crippen LogP contribution in [0.4, 0.5) is 13.2 Å². The molecule has 0 amide bonds. The Hall–Kier alpha value is -2.87. The highest BCUT2D eigenvalue weighted by molar-refractivity contribution is 7.07. The second-order valence-electron chi connectivity index (χ2n) is 5.75. The quantitative estimate of drug-likeness (QED) is 0.548. The van der Waals surface area contributed by atoms with Gasteiger partial charge in [-0.05, 0) is 37.3 Å². The van der Waals surface area contributed by atoms with Gasteiger partial charge in [0.1, 0.15) is 5.75 Å². The van der Waals surface area contributed by atoms with Crippen molar-refractivity contribution in [3.63, 3.8) is 0 Å². The minimum absolute atomic E-state index is 0.00294. The molecule has 2 aromatic carbocycles. The van der Waals surface area contributed by atoms with E-state index in [2.05, 4.69) is 10.1 Å². The first kappa shape index (κ1) is 19.9. The standard InChI is InChI=1S/C20H18F3N3OS/c1-3-24-19-26(18(13-28-19)14-8-10-16(27-2)11-9-14)25-12-15-6-4-5-7-17(15)20(21,22)23/h4-13H,3H2,1-2H3/b24-19?,25-12+. The molecule has 0 N–H and O–H groups in total. The van der Waals surface area contributed by atoms with Crippen molar-refractivity contribution in [1.82, 2.24) is 4.68 Å². The van der Waals surface area contributed by atoms with Crippen molar-refractivity contribution in [1.29, 1.82) is 0 Å². The van der Waals surface area contributed by atoms with Gasteiger partial charge < -0.3 is 4.74 Å². The zero-order valence-corrected chi connectivity index (χ0v) is 16.1. The Morgan fingerprint density at radius 1 is 1.11 bits per heavy atom. The van der Waals surface area contributed by atoms with Crippen LogP contribution in [-0.2, 0) is 6.18 Å². The molecule has 1 aromatic heterocycles. The van der Waals surface area contributed by atoms with E-state index >= 15 is 0 Å². The molecule has 28 heavy (non-hydrogen) atoms. The number of methoxy groups -OCH3 is 1. The number of nitrogens with zero attached hydrogens (tertiary/aromatic N) is 3.